The van der Waals surface area contributed by atoms with Gasteiger partial charge in [-0.25, -0.2) is 8.42 Å². The molecule has 0 radical (unpaired) electrons. The van der Waals surface area contributed by atoms with Gasteiger partial charge in [0, 0.05) is 17.1 Å². The predicted molar refractivity (Wildman–Crippen MR) is 87.3 cm³/mol. The summed E-state index contributed by atoms with van der Waals surface area (Å²) in [7, 11) is -3.32. The summed E-state index contributed by atoms with van der Waals surface area (Å²) in [5.41, 5.74) is 0.677. The summed E-state index contributed by atoms with van der Waals surface area (Å²) in [5, 5.41) is -0.709. The van der Waals surface area contributed by atoms with Crippen LogP contribution in [-0.4, -0.2) is 32.6 Å². The molecule has 21 heavy (non-hydrogen) atoms. The van der Waals surface area contributed by atoms with Crippen molar-refractivity contribution in [2.24, 2.45) is 0 Å². The van der Waals surface area contributed by atoms with Crippen molar-refractivity contribution >= 4 is 37.4 Å². The first kappa shape index (κ1) is 16.9. The van der Waals surface area contributed by atoms with Crippen LogP contribution in [0.15, 0.2) is 16.6 Å². The molecule has 1 aromatic carbocycles. The molecular weight excluding hydrogens is 380 g/mol. The van der Waals surface area contributed by atoms with Crippen molar-refractivity contribution in [1.29, 1.82) is 0 Å². The average molecular weight is 398 g/mol. The Morgan fingerprint density at radius 3 is 2.29 bits per heavy atom. The molecule has 1 unspecified atom stereocenters. The molecule has 0 amide bonds. The van der Waals surface area contributed by atoms with Crippen LogP contribution >= 0.6 is 27.5 Å². The first-order valence-electron chi connectivity index (χ1n) is 6.57. The highest BCUT2D eigenvalue weighted by molar-refractivity contribution is 9.10. The number of sulfone groups is 1. The van der Waals surface area contributed by atoms with Gasteiger partial charge in [0.25, 0.3) is 0 Å². The third kappa shape index (κ3) is 3.32. The number of ether oxygens (including phenoxy) is 2. The van der Waals surface area contributed by atoms with E-state index in [4.69, 9.17) is 21.1 Å². The van der Waals surface area contributed by atoms with Gasteiger partial charge in [0.05, 0.1) is 23.3 Å². The van der Waals surface area contributed by atoms with Crippen LogP contribution in [-0.2, 0) is 9.84 Å². The van der Waals surface area contributed by atoms with Gasteiger partial charge >= 0.3 is 0 Å². The molecule has 1 aromatic rings. The smallest absolute Gasteiger partial charge is 0.162 e. The summed E-state index contributed by atoms with van der Waals surface area (Å²) >= 11 is 9.91. The zero-order chi connectivity index (χ0) is 15.8. The predicted octanol–water partition coefficient (Wildman–Crippen LogP) is 3.71. The largest absolute Gasteiger partial charge is 0.490 e. The summed E-state index contributed by atoms with van der Waals surface area (Å²) in [6.45, 7) is 4.40. The lowest BCUT2D eigenvalue weighted by molar-refractivity contribution is 0.297. The molecule has 0 saturated heterocycles. The molecule has 0 spiro atoms. The summed E-state index contributed by atoms with van der Waals surface area (Å²) in [6, 6.07) is 3.54. The third-order valence-electron chi connectivity index (χ3n) is 3.71. The summed E-state index contributed by atoms with van der Waals surface area (Å²) < 4.78 is 34.8. The minimum Gasteiger partial charge on any atom is -0.490 e. The summed E-state index contributed by atoms with van der Waals surface area (Å²) in [4.78, 5) is 0. The van der Waals surface area contributed by atoms with Gasteiger partial charge < -0.3 is 9.47 Å². The number of hydrogen-bond donors (Lipinski definition) is 0. The van der Waals surface area contributed by atoms with Crippen LogP contribution in [0, 0.1) is 0 Å². The second-order valence-electron chi connectivity index (χ2n) is 5.61. The zero-order valence-corrected chi connectivity index (χ0v) is 15.3. The van der Waals surface area contributed by atoms with Crippen LogP contribution in [0.25, 0.3) is 0 Å². The van der Waals surface area contributed by atoms with Gasteiger partial charge in [-0.15, -0.1) is 11.6 Å². The van der Waals surface area contributed by atoms with Crippen molar-refractivity contribution in [3.8, 4) is 11.5 Å². The highest BCUT2D eigenvalue weighted by atomic mass is 79.9. The van der Waals surface area contributed by atoms with E-state index in [1.54, 1.807) is 26.0 Å². The van der Waals surface area contributed by atoms with E-state index >= 15 is 0 Å². The van der Waals surface area contributed by atoms with Gasteiger partial charge in [-0.05, 0) is 31.5 Å². The highest BCUT2D eigenvalue weighted by Gasteiger charge is 2.40. The normalized spacial score (nSPS) is 17.2. The van der Waals surface area contributed by atoms with Crippen molar-refractivity contribution in [1.82, 2.24) is 0 Å². The van der Waals surface area contributed by atoms with Crippen LogP contribution in [0.5, 0.6) is 11.5 Å². The number of fused-ring (bicyclic) bond motifs is 1. The number of alkyl halides is 1. The van der Waals surface area contributed by atoms with Crippen LogP contribution in [0.1, 0.15) is 31.2 Å². The summed E-state index contributed by atoms with van der Waals surface area (Å²) in [5.74, 6) is 1.24. The monoisotopic (exact) mass is 396 g/mol. The number of halogens is 2. The van der Waals surface area contributed by atoms with Crippen molar-refractivity contribution in [2.75, 3.05) is 19.5 Å². The topological polar surface area (TPSA) is 52.6 Å². The Morgan fingerprint density at radius 1 is 1.24 bits per heavy atom. The molecule has 1 aliphatic rings. The SMILES string of the molecule is CC(C)(C(Cl)c1cc2c(cc1Br)OCCCO2)S(C)(=O)=O. The maximum absolute atomic E-state index is 12.0. The van der Waals surface area contributed by atoms with Crippen LogP contribution in [0.3, 0.4) is 0 Å². The molecule has 2 rings (SSSR count). The van der Waals surface area contributed by atoms with E-state index in [9.17, 15) is 8.42 Å². The van der Waals surface area contributed by atoms with Crippen molar-refractivity contribution in [3.63, 3.8) is 0 Å². The fourth-order valence-corrected chi connectivity index (χ4v) is 3.81. The molecule has 0 N–H and O–H groups in total. The van der Waals surface area contributed by atoms with Gasteiger partial charge in [0.2, 0.25) is 0 Å². The Hall–Kier alpha value is -0.460. The van der Waals surface area contributed by atoms with Crippen molar-refractivity contribution in [2.45, 2.75) is 30.4 Å². The van der Waals surface area contributed by atoms with Crippen LogP contribution in [0.4, 0.5) is 0 Å². The zero-order valence-electron chi connectivity index (χ0n) is 12.2. The lowest BCUT2D eigenvalue weighted by atomic mass is 10.0. The van der Waals surface area contributed by atoms with Crippen LogP contribution < -0.4 is 9.47 Å². The molecule has 0 fully saturated rings. The van der Waals surface area contributed by atoms with E-state index in [0.29, 0.717) is 34.7 Å². The van der Waals surface area contributed by atoms with E-state index in [2.05, 4.69) is 15.9 Å². The van der Waals surface area contributed by atoms with Gasteiger partial charge in [0.1, 0.15) is 0 Å². The maximum atomic E-state index is 12.0. The number of rotatable bonds is 3. The molecule has 0 aromatic heterocycles. The van der Waals surface area contributed by atoms with Gasteiger partial charge in [-0.2, -0.15) is 0 Å². The van der Waals surface area contributed by atoms with Gasteiger partial charge in [-0.1, -0.05) is 15.9 Å². The Kier molecular flexibility index (Phi) is 4.81. The minimum absolute atomic E-state index is 0.566. The highest BCUT2D eigenvalue weighted by Crippen LogP contribution is 2.44. The Bertz CT molecular complexity index is 643. The number of hydrogen-bond acceptors (Lipinski definition) is 4. The lowest BCUT2D eigenvalue weighted by Gasteiger charge is -2.29. The maximum Gasteiger partial charge on any atom is 0.162 e. The Balaban J connectivity index is 2.47. The molecule has 1 heterocycles. The first-order valence-corrected chi connectivity index (χ1v) is 9.69. The quantitative estimate of drug-likeness (QED) is 0.730. The standard InChI is InChI=1S/C14H18BrClO4S/c1-14(2,21(3,17)18)13(16)9-7-11-12(8-10(9)15)20-6-4-5-19-11/h7-8,13H,4-6H2,1-3H3. The van der Waals surface area contributed by atoms with E-state index in [1.807, 2.05) is 0 Å². The lowest BCUT2D eigenvalue weighted by Crippen LogP contribution is -2.35. The third-order valence-corrected chi connectivity index (χ3v) is 7.45. The van der Waals surface area contributed by atoms with E-state index < -0.39 is 20.0 Å². The Labute approximate surface area is 138 Å². The summed E-state index contributed by atoms with van der Waals surface area (Å²) in [6.07, 6.45) is 2.00. The minimum atomic E-state index is -3.32. The fourth-order valence-electron chi connectivity index (χ4n) is 1.96. The van der Waals surface area contributed by atoms with Crippen molar-refractivity contribution < 1.29 is 17.9 Å². The number of benzene rings is 1. The molecular formula is C14H18BrClO4S. The van der Waals surface area contributed by atoms with E-state index in [-0.39, 0.29) is 0 Å². The van der Waals surface area contributed by atoms with E-state index in [1.165, 1.54) is 6.26 Å². The molecule has 1 aliphatic heterocycles. The second-order valence-corrected chi connectivity index (χ2v) is 9.50. The van der Waals surface area contributed by atoms with Crippen molar-refractivity contribution in [3.05, 3.63) is 22.2 Å². The first-order chi connectivity index (χ1) is 9.64. The molecule has 0 saturated carbocycles. The fraction of sp³-hybridized carbons (Fsp3) is 0.571. The molecule has 4 nitrogen and oxygen atoms in total. The Morgan fingerprint density at radius 2 is 1.76 bits per heavy atom. The average Bonchev–Trinajstić information content (AvgIpc) is 2.60. The van der Waals surface area contributed by atoms with Gasteiger partial charge in [-0.3, -0.25) is 0 Å². The van der Waals surface area contributed by atoms with E-state index in [0.717, 1.165) is 6.42 Å². The second kappa shape index (κ2) is 5.97. The molecule has 118 valence electrons. The molecule has 7 heteroatoms. The molecule has 1 atom stereocenters. The van der Waals surface area contributed by atoms with Gasteiger partial charge in [0.15, 0.2) is 21.3 Å². The molecule has 0 bridgehead atoms. The molecule has 0 aliphatic carbocycles. The van der Waals surface area contributed by atoms with Crippen LogP contribution in [0.2, 0.25) is 0 Å².